The highest BCUT2D eigenvalue weighted by Gasteiger charge is 2.33. The fraction of sp³-hybridized carbons (Fsp3) is 0.156. The van der Waals surface area contributed by atoms with Crippen molar-refractivity contribution in [3.05, 3.63) is 143 Å². The number of aromatic nitrogens is 2. The molecule has 1 aliphatic heterocycles. The van der Waals surface area contributed by atoms with E-state index in [0.717, 1.165) is 27.6 Å². The summed E-state index contributed by atoms with van der Waals surface area (Å²) in [6.45, 7) is 2.43. The summed E-state index contributed by atoms with van der Waals surface area (Å²) in [5.74, 6) is -0.506. The van der Waals surface area contributed by atoms with Crippen LogP contribution in [0.5, 0.6) is 0 Å². The van der Waals surface area contributed by atoms with Gasteiger partial charge in [-0.2, -0.15) is 0 Å². The molecule has 0 unspecified atom stereocenters. The molecule has 42 heavy (non-hydrogen) atoms. The van der Waals surface area contributed by atoms with E-state index in [0.29, 0.717) is 33.6 Å². The second kappa shape index (κ2) is 11.1. The number of hydrogen-bond acceptors (Lipinski definition) is 7. The smallest absolute Gasteiger partial charge is 0.338 e. The first-order chi connectivity index (χ1) is 20.4. The third kappa shape index (κ3) is 4.75. The maximum absolute atomic E-state index is 14.0. The third-order valence-corrected chi connectivity index (χ3v) is 8.35. The van der Waals surface area contributed by atoms with Crippen LogP contribution in [0.4, 0.5) is 5.69 Å². The van der Waals surface area contributed by atoms with Crippen molar-refractivity contribution in [2.45, 2.75) is 25.9 Å². The van der Waals surface area contributed by atoms with Crippen LogP contribution in [-0.4, -0.2) is 27.1 Å². The number of hydrogen-bond donors (Lipinski definition) is 0. The van der Waals surface area contributed by atoms with Crippen molar-refractivity contribution in [2.75, 3.05) is 7.11 Å². The molecule has 1 aliphatic rings. The molecule has 0 amide bonds. The zero-order chi connectivity index (χ0) is 29.4. The number of non-ortho nitro benzene ring substituents is 1. The minimum Gasteiger partial charge on any atom is -0.466 e. The Morgan fingerprint density at radius 1 is 1.07 bits per heavy atom. The monoisotopic (exact) mass is 578 g/mol. The van der Waals surface area contributed by atoms with Gasteiger partial charge in [-0.25, -0.2) is 9.79 Å². The lowest BCUT2D eigenvalue weighted by Gasteiger charge is -2.25. The highest BCUT2D eigenvalue weighted by molar-refractivity contribution is 7.07. The summed E-state index contributed by atoms with van der Waals surface area (Å²) in [5.41, 5.74) is 4.31. The van der Waals surface area contributed by atoms with Gasteiger partial charge in [-0.05, 0) is 29.7 Å². The fourth-order valence-corrected chi connectivity index (χ4v) is 6.41. The zero-order valence-corrected chi connectivity index (χ0v) is 23.7. The SMILES string of the molecule is CCC1=C(C(=O)OC)[C@H](c2ccccc2)n2c(s/c(=C/c3cn(Cc4ccc([N+](=O)[O-])cc4)c4ccccc34)c2=O)=N1. The Labute approximate surface area is 244 Å². The molecule has 0 saturated heterocycles. The van der Waals surface area contributed by atoms with E-state index in [4.69, 9.17) is 9.73 Å². The van der Waals surface area contributed by atoms with Crippen molar-refractivity contribution in [3.63, 3.8) is 0 Å². The Balaban J connectivity index is 1.49. The van der Waals surface area contributed by atoms with Crippen LogP contribution in [0, 0.1) is 10.1 Å². The summed E-state index contributed by atoms with van der Waals surface area (Å²) >= 11 is 1.29. The first-order valence-corrected chi connectivity index (χ1v) is 14.2. The number of thiazole rings is 1. The van der Waals surface area contributed by atoms with Gasteiger partial charge in [0, 0.05) is 41.3 Å². The largest absolute Gasteiger partial charge is 0.466 e. The van der Waals surface area contributed by atoms with Gasteiger partial charge in [0.05, 0.1) is 33.9 Å². The molecule has 1 atom stereocenters. The predicted octanol–water partition coefficient (Wildman–Crippen LogP) is 4.71. The third-order valence-electron chi connectivity index (χ3n) is 7.37. The van der Waals surface area contributed by atoms with Gasteiger partial charge in [-0.3, -0.25) is 19.5 Å². The fourth-order valence-electron chi connectivity index (χ4n) is 5.40. The molecule has 0 fully saturated rings. The molecule has 0 aliphatic carbocycles. The number of allylic oxidation sites excluding steroid dienone is 1. The van der Waals surface area contributed by atoms with Gasteiger partial charge in [-0.15, -0.1) is 0 Å². The summed E-state index contributed by atoms with van der Waals surface area (Å²) in [4.78, 5) is 42.9. The first kappa shape index (κ1) is 27.1. The van der Waals surface area contributed by atoms with Crippen LogP contribution in [0.1, 0.15) is 36.1 Å². The van der Waals surface area contributed by atoms with Gasteiger partial charge in [0.15, 0.2) is 4.80 Å². The number of nitrogens with zero attached hydrogens (tertiary/aromatic N) is 4. The molecule has 5 aromatic rings. The molecule has 3 heterocycles. The molecule has 3 aromatic carbocycles. The molecule has 9 nitrogen and oxygen atoms in total. The first-order valence-electron chi connectivity index (χ1n) is 13.4. The lowest BCUT2D eigenvalue weighted by Crippen LogP contribution is -2.40. The van der Waals surface area contributed by atoms with Crippen molar-refractivity contribution in [3.8, 4) is 0 Å². The van der Waals surface area contributed by atoms with Gasteiger partial charge >= 0.3 is 5.97 Å². The lowest BCUT2D eigenvalue weighted by atomic mass is 9.95. The van der Waals surface area contributed by atoms with Crippen LogP contribution < -0.4 is 14.9 Å². The zero-order valence-electron chi connectivity index (χ0n) is 22.9. The van der Waals surface area contributed by atoms with Crippen molar-refractivity contribution >= 4 is 40.0 Å². The summed E-state index contributed by atoms with van der Waals surface area (Å²) in [6, 6.07) is 23.2. The number of ether oxygens (including phenoxy) is 1. The number of fused-ring (bicyclic) bond motifs is 2. The van der Waals surface area contributed by atoms with Crippen LogP contribution in [0.2, 0.25) is 0 Å². The molecule has 210 valence electrons. The predicted molar refractivity (Wildman–Crippen MR) is 161 cm³/mol. The standard InChI is InChI=1S/C32H26N4O5S/c1-3-25-28(31(38)41-2)29(21-9-5-4-6-10-21)35-30(37)27(42-32(35)33-25)17-22-19-34(26-12-8-7-11-24(22)26)18-20-13-15-23(16-14-20)36(39)40/h4-17,19,29H,3,18H2,1-2H3/b27-17+/t29-/m0/s1. The number of carbonyl (C=O) groups excluding carboxylic acids is 1. The number of rotatable bonds is 7. The quantitative estimate of drug-likeness (QED) is 0.158. The van der Waals surface area contributed by atoms with Gasteiger partial charge in [-0.1, -0.05) is 78.9 Å². The van der Waals surface area contributed by atoms with Crippen LogP contribution >= 0.6 is 11.3 Å². The number of methoxy groups -OCH3 is 1. The number of nitro groups is 1. The second-order valence-corrected chi connectivity index (χ2v) is 10.9. The molecule has 0 saturated carbocycles. The number of nitro benzene ring substituents is 1. The van der Waals surface area contributed by atoms with Crippen LogP contribution in [0.25, 0.3) is 17.0 Å². The molecular formula is C32H26N4O5S. The minimum atomic E-state index is -0.657. The van der Waals surface area contributed by atoms with E-state index in [1.54, 1.807) is 16.7 Å². The van der Waals surface area contributed by atoms with E-state index in [2.05, 4.69) is 4.57 Å². The van der Waals surface area contributed by atoms with Gasteiger partial charge in [0.25, 0.3) is 11.2 Å². The molecule has 0 N–H and O–H groups in total. The molecule has 6 rings (SSSR count). The number of benzene rings is 3. The van der Waals surface area contributed by atoms with Crippen molar-refractivity contribution < 1.29 is 14.5 Å². The molecular weight excluding hydrogens is 552 g/mol. The van der Waals surface area contributed by atoms with Crippen LogP contribution in [0.3, 0.4) is 0 Å². The summed E-state index contributed by atoms with van der Waals surface area (Å²) in [7, 11) is 1.34. The molecule has 10 heteroatoms. The maximum Gasteiger partial charge on any atom is 0.338 e. The molecule has 0 spiro atoms. The summed E-state index contributed by atoms with van der Waals surface area (Å²) < 4.78 is 9.29. The maximum atomic E-state index is 14.0. The number of para-hydroxylation sites is 1. The Hall–Kier alpha value is -5.09. The normalized spacial score (nSPS) is 15.0. The van der Waals surface area contributed by atoms with E-state index in [1.165, 1.54) is 30.6 Å². The molecule has 0 bridgehead atoms. The Morgan fingerprint density at radius 2 is 1.79 bits per heavy atom. The van der Waals surface area contributed by atoms with Gasteiger partial charge in [0.2, 0.25) is 0 Å². The Morgan fingerprint density at radius 3 is 2.48 bits per heavy atom. The summed E-state index contributed by atoms with van der Waals surface area (Å²) in [6.07, 6.45) is 4.36. The average Bonchev–Trinajstić information content (AvgIpc) is 3.52. The number of esters is 1. The van der Waals surface area contributed by atoms with E-state index in [1.807, 2.05) is 73.8 Å². The van der Waals surface area contributed by atoms with Gasteiger partial charge in [0.1, 0.15) is 0 Å². The average molecular weight is 579 g/mol. The molecule has 0 radical (unpaired) electrons. The van der Waals surface area contributed by atoms with E-state index in [-0.39, 0.29) is 11.2 Å². The summed E-state index contributed by atoms with van der Waals surface area (Å²) in [5, 5.41) is 12.0. The molecule has 2 aromatic heterocycles. The Kier molecular flexibility index (Phi) is 7.13. The van der Waals surface area contributed by atoms with Crippen LogP contribution in [0.15, 0.2) is 106 Å². The topological polar surface area (TPSA) is 109 Å². The van der Waals surface area contributed by atoms with Crippen molar-refractivity contribution in [1.29, 1.82) is 0 Å². The highest BCUT2D eigenvalue weighted by Crippen LogP contribution is 2.32. The minimum absolute atomic E-state index is 0.0440. The lowest BCUT2D eigenvalue weighted by molar-refractivity contribution is -0.384. The van der Waals surface area contributed by atoms with E-state index in [9.17, 15) is 19.7 Å². The number of carbonyl (C=O) groups is 1. The van der Waals surface area contributed by atoms with E-state index >= 15 is 0 Å². The van der Waals surface area contributed by atoms with E-state index < -0.39 is 16.9 Å². The highest BCUT2D eigenvalue weighted by atomic mass is 32.1. The van der Waals surface area contributed by atoms with Crippen molar-refractivity contribution in [2.24, 2.45) is 4.99 Å². The van der Waals surface area contributed by atoms with Crippen LogP contribution in [-0.2, 0) is 16.1 Å². The van der Waals surface area contributed by atoms with Gasteiger partial charge < -0.3 is 9.30 Å². The second-order valence-electron chi connectivity index (χ2n) is 9.85. The van der Waals surface area contributed by atoms with Crippen molar-refractivity contribution in [1.82, 2.24) is 9.13 Å². The Bertz CT molecular complexity index is 2050.